The molecule has 2 rings (SSSR count). The summed E-state index contributed by atoms with van der Waals surface area (Å²) in [5.41, 5.74) is 0.647. The van der Waals surface area contributed by atoms with E-state index in [2.05, 4.69) is 10.5 Å². The minimum atomic E-state index is -0.913. The molecule has 1 amide bonds. The van der Waals surface area contributed by atoms with E-state index in [-0.39, 0.29) is 12.3 Å². The lowest BCUT2D eigenvalue weighted by atomic mass is 10.3. The summed E-state index contributed by atoms with van der Waals surface area (Å²) in [5.74, 6) is -0.132. The number of nitrogens with zero attached hydrogens (tertiary/aromatic N) is 1. The zero-order valence-electron chi connectivity index (χ0n) is 13.2. The summed E-state index contributed by atoms with van der Waals surface area (Å²) < 4.78 is 9.98. The van der Waals surface area contributed by atoms with Crippen LogP contribution in [0.5, 0.6) is 0 Å². The van der Waals surface area contributed by atoms with E-state index in [1.54, 1.807) is 25.1 Å². The molecular weight excluding hydrogens is 352 g/mol. The molecule has 2 aromatic rings. The normalized spacial score (nSPS) is 11.8. The number of nitrogens with one attached hydrogen (secondary N) is 1. The van der Waals surface area contributed by atoms with Gasteiger partial charge in [0, 0.05) is 21.7 Å². The van der Waals surface area contributed by atoms with Crippen LogP contribution in [0.15, 0.2) is 39.8 Å². The molecule has 0 aliphatic carbocycles. The Hall–Kier alpha value is -1.99. The number of rotatable bonds is 7. The number of benzene rings is 1. The van der Waals surface area contributed by atoms with E-state index in [4.69, 9.17) is 20.9 Å². The van der Waals surface area contributed by atoms with Crippen molar-refractivity contribution in [3.63, 3.8) is 0 Å². The van der Waals surface area contributed by atoms with Gasteiger partial charge in [0.2, 0.25) is 5.88 Å². The zero-order valence-corrected chi connectivity index (χ0v) is 14.8. The maximum absolute atomic E-state index is 11.9. The highest BCUT2D eigenvalue weighted by molar-refractivity contribution is 7.99. The van der Waals surface area contributed by atoms with Gasteiger partial charge in [0.05, 0.1) is 12.1 Å². The molecule has 6 nitrogen and oxygen atoms in total. The predicted octanol–water partition coefficient (Wildman–Crippen LogP) is 3.69. The topological polar surface area (TPSA) is 81.4 Å². The Labute approximate surface area is 148 Å². The lowest BCUT2D eigenvalue weighted by Gasteiger charge is -2.12. The molecule has 1 atom stereocenters. The summed E-state index contributed by atoms with van der Waals surface area (Å²) in [6, 6.07) is 8.93. The standard InChI is InChI=1S/C16H17ClN2O4S/c1-10-9-14(23-19-10)18-16(21)11(2)22-15(20)7-8-24-13-5-3-12(17)4-6-13/h3-6,9,11H,7-8H2,1-2H3,(H,18,21). The van der Waals surface area contributed by atoms with E-state index in [0.29, 0.717) is 16.5 Å². The van der Waals surface area contributed by atoms with Crippen LogP contribution in [0.3, 0.4) is 0 Å². The van der Waals surface area contributed by atoms with E-state index < -0.39 is 18.0 Å². The van der Waals surface area contributed by atoms with Crippen LogP contribution in [0, 0.1) is 6.92 Å². The highest BCUT2D eigenvalue weighted by atomic mass is 35.5. The van der Waals surface area contributed by atoms with Gasteiger partial charge in [-0.1, -0.05) is 16.8 Å². The van der Waals surface area contributed by atoms with Crippen molar-refractivity contribution < 1.29 is 18.8 Å². The van der Waals surface area contributed by atoms with Crippen LogP contribution in [-0.4, -0.2) is 28.9 Å². The van der Waals surface area contributed by atoms with E-state index in [1.807, 2.05) is 12.1 Å². The summed E-state index contributed by atoms with van der Waals surface area (Å²) in [4.78, 5) is 24.7. The molecule has 0 saturated carbocycles. The van der Waals surface area contributed by atoms with Gasteiger partial charge in [-0.15, -0.1) is 11.8 Å². The quantitative estimate of drug-likeness (QED) is 0.593. The lowest BCUT2D eigenvalue weighted by molar-refractivity contribution is -0.152. The number of esters is 1. The van der Waals surface area contributed by atoms with Crippen LogP contribution >= 0.6 is 23.4 Å². The second-order valence-corrected chi connectivity index (χ2v) is 6.61. The van der Waals surface area contributed by atoms with Gasteiger partial charge in [-0.25, -0.2) is 0 Å². The Balaban J connectivity index is 1.70. The first-order chi connectivity index (χ1) is 11.4. The fourth-order valence-electron chi connectivity index (χ4n) is 1.74. The predicted molar refractivity (Wildman–Crippen MR) is 92.2 cm³/mol. The number of amides is 1. The third-order valence-electron chi connectivity index (χ3n) is 2.94. The summed E-state index contributed by atoms with van der Waals surface area (Å²) in [7, 11) is 0. The molecular formula is C16H17ClN2O4S. The van der Waals surface area contributed by atoms with Gasteiger partial charge in [0.25, 0.3) is 5.91 Å². The molecule has 0 spiro atoms. The van der Waals surface area contributed by atoms with E-state index in [9.17, 15) is 9.59 Å². The second-order valence-electron chi connectivity index (χ2n) is 5.01. The Morgan fingerprint density at radius 2 is 2.08 bits per heavy atom. The van der Waals surface area contributed by atoms with Crippen molar-refractivity contribution >= 4 is 41.1 Å². The highest BCUT2D eigenvalue weighted by Gasteiger charge is 2.19. The van der Waals surface area contributed by atoms with E-state index in [0.717, 1.165) is 4.90 Å². The number of thioether (sulfide) groups is 1. The minimum absolute atomic E-state index is 0.201. The van der Waals surface area contributed by atoms with Crippen LogP contribution in [0.4, 0.5) is 5.88 Å². The molecule has 1 heterocycles. The van der Waals surface area contributed by atoms with E-state index >= 15 is 0 Å². The van der Waals surface area contributed by atoms with Gasteiger partial charge in [-0.05, 0) is 38.1 Å². The number of carbonyl (C=O) groups excluding carboxylic acids is 2. The number of anilines is 1. The third-order valence-corrected chi connectivity index (χ3v) is 4.21. The Morgan fingerprint density at radius 1 is 1.38 bits per heavy atom. The molecule has 0 saturated heterocycles. The second kappa shape index (κ2) is 8.75. The number of aromatic nitrogens is 1. The maximum Gasteiger partial charge on any atom is 0.307 e. The largest absolute Gasteiger partial charge is 0.453 e. The molecule has 24 heavy (non-hydrogen) atoms. The van der Waals surface area contributed by atoms with Gasteiger partial charge in [0.1, 0.15) is 0 Å². The van der Waals surface area contributed by atoms with Crippen molar-refractivity contribution in [2.24, 2.45) is 0 Å². The number of aryl methyl sites for hydroxylation is 1. The Morgan fingerprint density at radius 3 is 2.71 bits per heavy atom. The summed E-state index contributed by atoms with van der Waals surface area (Å²) in [6.45, 7) is 3.24. The molecule has 0 radical (unpaired) electrons. The van der Waals surface area contributed by atoms with Crippen LogP contribution in [-0.2, 0) is 14.3 Å². The molecule has 1 unspecified atom stereocenters. The number of ether oxygens (including phenoxy) is 1. The molecule has 1 aromatic heterocycles. The van der Waals surface area contributed by atoms with Crippen LogP contribution in [0.25, 0.3) is 0 Å². The SMILES string of the molecule is Cc1cc(NC(=O)C(C)OC(=O)CCSc2ccc(Cl)cc2)on1. The molecule has 8 heteroatoms. The smallest absolute Gasteiger partial charge is 0.307 e. The summed E-state index contributed by atoms with van der Waals surface area (Å²) >= 11 is 7.33. The van der Waals surface area contributed by atoms with Crippen molar-refractivity contribution in [3.05, 3.63) is 41.0 Å². The maximum atomic E-state index is 11.9. The third kappa shape index (κ3) is 5.90. The molecule has 0 fully saturated rings. The van der Waals surface area contributed by atoms with Crippen molar-refractivity contribution in [1.82, 2.24) is 5.16 Å². The van der Waals surface area contributed by atoms with Crippen molar-refractivity contribution in [2.45, 2.75) is 31.3 Å². The first-order valence-corrected chi connectivity index (χ1v) is 8.62. The minimum Gasteiger partial charge on any atom is -0.453 e. The fraction of sp³-hybridized carbons (Fsp3) is 0.312. The highest BCUT2D eigenvalue weighted by Crippen LogP contribution is 2.21. The van der Waals surface area contributed by atoms with Gasteiger partial charge < -0.3 is 9.26 Å². The van der Waals surface area contributed by atoms with Crippen LogP contribution in [0.1, 0.15) is 19.0 Å². The molecule has 128 valence electrons. The number of hydrogen-bond acceptors (Lipinski definition) is 6. The number of carbonyl (C=O) groups is 2. The average Bonchev–Trinajstić information content (AvgIpc) is 2.94. The first-order valence-electron chi connectivity index (χ1n) is 7.26. The number of halogens is 1. The van der Waals surface area contributed by atoms with Crippen LogP contribution < -0.4 is 5.32 Å². The molecule has 0 bridgehead atoms. The molecule has 0 aliphatic rings. The monoisotopic (exact) mass is 368 g/mol. The molecule has 1 aromatic carbocycles. The van der Waals surface area contributed by atoms with Gasteiger partial charge in [0.15, 0.2) is 6.10 Å². The zero-order chi connectivity index (χ0) is 17.5. The average molecular weight is 369 g/mol. The van der Waals surface area contributed by atoms with Crippen LogP contribution in [0.2, 0.25) is 5.02 Å². The number of hydrogen-bond donors (Lipinski definition) is 1. The van der Waals surface area contributed by atoms with Crippen molar-refractivity contribution in [1.29, 1.82) is 0 Å². The molecule has 1 N–H and O–H groups in total. The van der Waals surface area contributed by atoms with Gasteiger partial charge in [-0.2, -0.15) is 0 Å². The lowest BCUT2D eigenvalue weighted by Crippen LogP contribution is -2.29. The molecule has 0 aliphatic heterocycles. The van der Waals surface area contributed by atoms with Gasteiger partial charge >= 0.3 is 5.97 Å². The fourth-order valence-corrected chi connectivity index (χ4v) is 2.70. The van der Waals surface area contributed by atoms with Crippen molar-refractivity contribution in [2.75, 3.05) is 11.1 Å². The van der Waals surface area contributed by atoms with Gasteiger partial charge in [-0.3, -0.25) is 14.9 Å². The van der Waals surface area contributed by atoms with E-state index in [1.165, 1.54) is 18.7 Å². The summed E-state index contributed by atoms with van der Waals surface area (Å²) in [5, 5.41) is 6.82. The van der Waals surface area contributed by atoms with Crippen molar-refractivity contribution in [3.8, 4) is 0 Å². The first kappa shape index (κ1) is 18.4. The Kier molecular flexibility index (Phi) is 6.69. The Bertz CT molecular complexity index is 702. The summed E-state index contributed by atoms with van der Waals surface area (Å²) in [6.07, 6.45) is -0.713.